The van der Waals surface area contributed by atoms with Gasteiger partial charge in [0, 0.05) is 22.7 Å². The molecule has 0 amide bonds. The van der Waals surface area contributed by atoms with Gasteiger partial charge < -0.3 is 9.88 Å². The molecular weight excluding hydrogens is 303 g/mol. The second-order valence-electron chi connectivity index (χ2n) is 6.13. The van der Waals surface area contributed by atoms with Crippen molar-refractivity contribution in [1.82, 2.24) is 5.32 Å². The lowest BCUT2D eigenvalue weighted by Crippen LogP contribution is -2.37. The van der Waals surface area contributed by atoms with E-state index in [1.54, 1.807) is 0 Å². The van der Waals surface area contributed by atoms with E-state index in [9.17, 15) is 4.57 Å². The summed E-state index contributed by atoms with van der Waals surface area (Å²) in [7, 11) is -3.00. The van der Waals surface area contributed by atoms with Gasteiger partial charge in [-0.05, 0) is 27.7 Å². The van der Waals surface area contributed by atoms with Gasteiger partial charge in [-0.15, -0.1) is 0 Å². The molecule has 0 saturated heterocycles. The Morgan fingerprint density at radius 1 is 0.870 bits per heavy atom. The average molecular weight is 328 g/mol. The first-order valence-electron chi connectivity index (χ1n) is 8.00. The minimum Gasteiger partial charge on any atom is -0.365 e. The molecule has 0 unspecified atom stereocenters. The van der Waals surface area contributed by atoms with Crippen molar-refractivity contribution in [3.63, 3.8) is 0 Å². The molecule has 0 aromatic heterocycles. The van der Waals surface area contributed by atoms with Gasteiger partial charge in [0.05, 0.1) is 0 Å². The van der Waals surface area contributed by atoms with Crippen molar-refractivity contribution < 1.29 is 4.57 Å². The van der Waals surface area contributed by atoms with Crippen molar-refractivity contribution >= 4 is 23.3 Å². The molecule has 1 N–H and O–H groups in total. The third kappa shape index (κ3) is 4.11. The molecule has 23 heavy (non-hydrogen) atoms. The minimum absolute atomic E-state index is 0.0667. The fourth-order valence-electron chi connectivity index (χ4n) is 2.38. The van der Waals surface area contributed by atoms with Crippen molar-refractivity contribution in [3.8, 4) is 0 Å². The molecule has 0 atom stereocenters. The largest absolute Gasteiger partial charge is 0.365 e. The molecular formula is C19H25N2OP. The fraction of sp³-hybridized carbons (Fsp3) is 0.316. The lowest BCUT2D eigenvalue weighted by molar-refractivity contribution is 0.591. The van der Waals surface area contributed by atoms with Gasteiger partial charge in [-0.25, -0.2) is 0 Å². The molecule has 0 aliphatic heterocycles. The molecule has 2 aromatic rings. The number of benzene rings is 2. The molecule has 2 aromatic carbocycles. The zero-order chi connectivity index (χ0) is 16.9. The summed E-state index contributed by atoms with van der Waals surface area (Å²) in [6.07, 6.45) is 0. The Hall–Kier alpha value is -1.86. The zero-order valence-corrected chi connectivity index (χ0v) is 15.1. The normalized spacial score (nSPS) is 12.7. The third-order valence-corrected chi connectivity index (χ3v) is 6.23. The second kappa shape index (κ2) is 7.61. The summed E-state index contributed by atoms with van der Waals surface area (Å²) in [5.74, 6) is 0. The van der Waals surface area contributed by atoms with Gasteiger partial charge in [0.15, 0.2) is 5.58 Å². The van der Waals surface area contributed by atoms with Crippen LogP contribution in [0.3, 0.4) is 0 Å². The Kier molecular flexibility index (Phi) is 5.79. The lowest BCUT2D eigenvalue weighted by Gasteiger charge is -2.24. The van der Waals surface area contributed by atoms with Crippen LogP contribution in [0, 0.1) is 0 Å². The van der Waals surface area contributed by atoms with Crippen LogP contribution < -0.4 is 15.9 Å². The van der Waals surface area contributed by atoms with Crippen molar-refractivity contribution in [2.24, 2.45) is 4.99 Å². The Labute approximate surface area is 139 Å². The number of rotatable bonds is 5. The van der Waals surface area contributed by atoms with E-state index in [0.29, 0.717) is 5.58 Å². The maximum absolute atomic E-state index is 14.2. The van der Waals surface area contributed by atoms with Crippen LogP contribution in [0.4, 0.5) is 0 Å². The van der Waals surface area contributed by atoms with Crippen LogP contribution in [-0.2, 0) is 4.57 Å². The molecule has 2 rings (SSSR count). The van der Waals surface area contributed by atoms with E-state index in [1.165, 1.54) is 0 Å². The molecule has 0 aliphatic rings. The number of hydrogen-bond acceptors (Lipinski definition) is 2. The van der Waals surface area contributed by atoms with E-state index in [4.69, 9.17) is 0 Å². The topological polar surface area (TPSA) is 41.5 Å². The first-order chi connectivity index (χ1) is 10.9. The summed E-state index contributed by atoms with van der Waals surface area (Å²) in [4.78, 5) is 4.68. The summed E-state index contributed by atoms with van der Waals surface area (Å²) >= 11 is 0. The maximum atomic E-state index is 14.2. The van der Waals surface area contributed by atoms with Gasteiger partial charge in [-0.2, -0.15) is 0 Å². The SMILES string of the molecule is CC(C)N=C(NC(C)C)P(=O)(c1ccccc1)c1ccccc1. The Balaban J connectivity index is 2.68. The minimum atomic E-state index is -3.00. The molecule has 0 heterocycles. The number of amidine groups is 1. The predicted octanol–water partition coefficient (Wildman–Crippen LogP) is 3.76. The van der Waals surface area contributed by atoms with Crippen LogP contribution in [0.2, 0.25) is 0 Å². The second-order valence-corrected chi connectivity index (χ2v) is 8.80. The third-order valence-electron chi connectivity index (χ3n) is 3.34. The number of hydrogen-bond donors (Lipinski definition) is 1. The lowest BCUT2D eigenvalue weighted by atomic mass is 10.4. The maximum Gasteiger partial charge on any atom is 0.203 e. The van der Waals surface area contributed by atoms with Crippen LogP contribution in [0.5, 0.6) is 0 Å². The molecule has 0 fully saturated rings. The molecule has 0 aliphatic carbocycles. The molecule has 0 radical (unpaired) electrons. The summed E-state index contributed by atoms with van der Waals surface area (Å²) in [6.45, 7) is 8.08. The van der Waals surface area contributed by atoms with Gasteiger partial charge in [0.25, 0.3) is 0 Å². The van der Waals surface area contributed by atoms with Crippen LogP contribution in [-0.4, -0.2) is 17.7 Å². The standard InChI is InChI=1S/C19H25N2OP/c1-15(2)20-19(21-16(3)4)23(22,17-11-7-5-8-12-17)18-13-9-6-10-14-18/h5-16H,1-4H3,(H,20,21). The molecule has 4 heteroatoms. The highest BCUT2D eigenvalue weighted by Gasteiger charge is 2.34. The van der Waals surface area contributed by atoms with E-state index in [2.05, 4.69) is 10.3 Å². The number of nitrogens with zero attached hydrogens (tertiary/aromatic N) is 1. The van der Waals surface area contributed by atoms with Crippen molar-refractivity contribution in [2.45, 2.75) is 39.8 Å². The van der Waals surface area contributed by atoms with Gasteiger partial charge in [-0.3, -0.25) is 4.99 Å². The van der Waals surface area contributed by atoms with Crippen LogP contribution >= 0.6 is 7.14 Å². The van der Waals surface area contributed by atoms with Crippen molar-refractivity contribution in [3.05, 3.63) is 60.7 Å². The monoisotopic (exact) mass is 328 g/mol. The van der Waals surface area contributed by atoms with E-state index in [1.807, 2.05) is 88.4 Å². The Bertz CT molecular complexity index is 650. The highest BCUT2D eigenvalue weighted by molar-refractivity contribution is 7.93. The average Bonchev–Trinajstić information content (AvgIpc) is 2.54. The summed E-state index contributed by atoms with van der Waals surface area (Å²) < 4.78 is 14.2. The molecule has 0 saturated carbocycles. The van der Waals surface area contributed by atoms with Gasteiger partial charge in [0.2, 0.25) is 7.14 Å². The highest BCUT2D eigenvalue weighted by Crippen LogP contribution is 2.44. The van der Waals surface area contributed by atoms with Crippen LogP contribution in [0.15, 0.2) is 65.7 Å². The smallest absolute Gasteiger partial charge is 0.203 e. The van der Waals surface area contributed by atoms with E-state index < -0.39 is 7.14 Å². The summed E-state index contributed by atoms with van der Waals surface area (Å²) in [5.41, 5.74) is 0.583. The van der Waals surface area contributed by atoms with Crippen molar-refractivity contribution in [1.29, 1.82) is 0 Å². The highest BCUT2D eigenvalue weighted by atomic mass is 31.2. The van der Waals surface area contributed by atoms with E-state index in [0.717, 1.165) is 10.6 Å². The molecule has 3 nitrogen and oxygen atoms in total. The zero-order valence-electron chi connectivity index (χ0n) is 14.2. The van der Waals surface area contributed by atoms with E-state index in [-0.39, 0.29) is 12.1 Å². The Morgan fingerprint density at radius 3 is 1.65 bits per heavy atom. The summed E-state index contributed by atoms with van der Waals surface area (Å²) in [5, 5.41) is 4.94. The number of aliphatic imine (C=N–C) groups is 1. The predicted molar refractivity (Wildman–Crippen MR) is 101 cm³/mol. The number of nitrogens with one attached hydrogen (secondary N) is 1. The first-order valence-corrected chi connectivity index (χ1v) is 9.71. The Morgan fingerprint density at radius 2 is 1.30 bits per heavy atom. The van der Waals surface area contributed by atoms with Gasteiger partial charge >= 0.3 is 0 Å². The molecule has 122 valence electrons. The molecule has 0 spiro atoms. The fourth-order valence-corrected chi connectivity index (χ4v) is 5.19. The summed E-state index contributed by atoms with van der Waals surface area (Å²) in [6, 6.07) is 19.5. The van der Waals surface area contributed by atoms with Crippen LogP contribution in [0.25, 0.3) is 0 Å². The van der Waals surface area contributed by atoms with Gasteiger partial charge in [0.1, 0.15) is 0 Å². The van der Waals surface area contributed by atoms with Gasteiger partial charge in [-0.1, -0.05) is 60.7 Å². The van der Waals surface area contributed by atoms with Crippen molar-refractivity contribution in [2.75, 3.05) is 0 Å². The van der Waals surface area contributed by atoms with Crippen LogP contribution in [0.1, 0.15) is 27.7 Å². The molecule has 0 bridgehead atoms. The first kappa shape index (κ1) is 17.5. The van der Waals surface area contributed by atoms with E-state index >= 15 is 0 Å². The quantitative estimate of drug-likeness (QED) is 0.516.